The van der Waals surface area contributed by atoms with Crippen LogP contribution in [0.2, 0.25) is 0 Å². The number of carbonyl (C=O) groups excluding carboxylic acids is 1. The minimum absolute atomic E-state index is 0.255. The average molecular weight is 158 g/mol. The molecule has 0 saturated heterocycles. The topological polar surface area (TPSA) is 41.9 Å². The summed E-state index contributed by atoms with van der Waals surface area (Å²) in [7, 11) is 3.61. The number of hydrazone groups is 1. The largest absolute Gasteiger partial charge is 0.457 e. The van der Waals surface area contributed by atoms with Crippen LogP contribution in [0.5, 0.6) is 0 Å². The van der Waals surface area contributed by atoms with E-state index < -0.39 is 0 Å². The number of hydrogen-bond acceptors (Lipinski definition) is 4. The van der Waals surface area contributed by atoms with Gasteiger partial charge in [-0.15, -0.1) is 0 Å². The van der Waals surface area contributed by atoms with Crippen molar-refractivity contribution in [2.45, 2.75) is 20.0 Å². The van der Waals surface area contributed by atoms with Crippen molar-refractivity contribution in [3.05, 3.63) is 0 Å². The van der Waals surface area contributed by atoms with Gasteiger partial charge in [-0.05, 0) is 6.92 Å². The Morgan fingerprint density at radius 1 is 1.64 bits per heavy atom. The highest BCUT2D eigenvalue weighted by Gasteiger charge is 1.99. The van der Waals surface area contributed by atoms with Crippen LogP contribution in [0, 0.1) is 0 Å². The Morgan fingerprint density at radius 2 is 2.18 bits per heavy atom. The molecule has 64 valence electrons. The summed E-state index contributed by atoms with van der Waals surface area (Å²) in [6.45, 7) is 3.13. The van der Waals surface area contributed by atoms with Crippen LogP contribution >= 0.6 is 0 Å². The molecule has 0 aromatic carbocycles. The molecule has 0 heterocycles. The summed E-state index contributed by atoms with van der Waals surface area (Å²) >= 11 is 0. The van der Waals surface area contributed by atoms with E-state index in [-0.39, 0.29) is 12.1 Å². The van der Waals surface area contributed by atoms with Crippen LogP contribution in [0.1, 0.15) is 13.8 Å². The van der Waals surface area contributed by atoms with Crippen molar-refractivity contribution in [3.63, 3.8) is 0 Å². The quantitative estimate of drug-likeness (QED) is 0.341. The van der Waals surface area contributed by atoms with Crippen molar-refractivity contribution >= 4 is 12.2 Å². The second-order valence-electron chi connectivity index (χ2n) is 2.43. The van der Waals surface area contributed by atoms with Gasteiger partial charge >= 0.3 is 5.97 Å². The minimum atomic E-state index is -0.289. The molecular weight excluding hydrogens is 144 g/mol. The molecule has 1 atom stereocenters. The SMILES string of the molecule is CC(=O)OC(C)/C=N/N(C)C. The fourth-order valence-electron chi connectivity index (χ4n) is 0.519. The Kier molecular flexibility index (Phi) is 4.26. The minimum Gasteiger partial charge on any atom is -0.457 e. The highest BCUT2D eigenvalue weighted by atomic mass is 16.5. The Labute approximate surface area is 66.8 Å². The molecule has 4 nitrogen and oxygen atoms in total. The first kappa shape index (κ1) is 9.94. The molecule has 11 heavy (non-hydrogen) atoms. The lowest BCUT2D eigenvalue weighted by atomic mass is 10.4. The summed E-state index contributed by atoms with van der Waals surface area (Å²) in [6, 6.07) is 0. The van der Waals surface area contributed by atoms with Gasteiger partial charge in [0.25, 0.3) is 0 Å². The van der Waals surface area contributed by atoms with Gasteiger partial charge in [0.2, 0.25) is 0 Å². The Balaban J connectivity index is 3.68. The number of carbonyl (C=O) groups is 1. The van der Waals surface area contributed by atoms with Crippen LogP contribution in [0.15, 0.2) is 5.10 Å². The van der Waals surface area contributed by atoms with E-state index in [4.69, 9.17) is 4.74 Å². The molecule has 0 saturated carbocycles. The third kappa shape index (κ3) is 6.83. The molecule has 0 bridgehead atoms. The van der Waals surface area contributed by atoms with E-state index in [1.54, 1.807) is 32.2 Å². The molecule has 0 aromatic heterocycles. The molecule has 0 aliphatic heterocycles. The molecule has 0 amide bonds. The van der Waals surface area contributed by atoms with Gasteiger partial charge in [-0.25, -0.2) is 0 Å². The predicted molar refractivity (Wildman–Crippen MR) is 43.4 cm³/mol. The zero-order chi connectivity index (χ0) is 8.85. The summed E-state index contributed by atoms with van der Waals surface area (Å²) in [6.07, 6.45) is 1.32. The van der Waals surface area contributed by atoms with Gasteiger partial charge in [0.05, 0.1) is 6.21 Å². The van der Waals surface area contributed by atoms with Crippen molar-refractivity contribution in [2.75, 3.05) is 14.1 Å². The van der Waals surface area contributed by atoms with Crippen molar-refractivity contribution in [1.29, 1.82) is 0 Å². The second kappa shape index (κ2) is 4.71. The lowest BCUT2D eigenvalue weighted by Crippen LogP contribution is -2.15. The van der Waals surface area contributed by atoms with E-state index in [1.165, 1.54) is 6.92 Å². The van der Waals surface area contributed by atoms with Crippen LogP contribution in [0.4, 0.5) is 0 Å². The molecule has 0 spiro atoms. The number of esters is 1. The molecular formula is C7H14N2O2. The standard InChI is InChI=1S/C7H14N2O2/c1-6(11-7(2)10)5-8-9(3)4/h5-6H,1-4H3/b8-5+. The summed E-state index contributed by atoms with van der Waals surface area (Å²) in [4.78, 5) is 10.4. The van der Waals surface area contributed by atoms with Crippen LogP contribution in [0.25, 0.3) is 0 Å². The normalized spacial score (nSPS) is 13.1. The smallest absolute Gasteiger partial charge is 0.303 e. The van der Waals surface area contributed by atoms with E-state index in [0.717, 1.165) is 0 Å². The maximum atomic E-state index is 10.4. The maximum Gasteiger partial charge on any atom is 0.303 e. The molecule has 0 aliphatic rings. The maximum absolute atomic E-state index is 10.4. The molecule has 0 N–H and O–H groups in total. The van der Waals surface area contributed by atoms with Gasteiger partial charge in [-0.1, -0.05) is 0 Å². The first-order valence-electron chi connectivity index (χ1n) is 3.41. The van der Waals surface area contributed by atoms with Crippen LogP contribution in [0.3, 0.4) is 0 Å². The first-order valence-corrected chi connectivity index (χ1v) is 3.41. The molecule has 4 heteroatoms. The van der Waals surface area contributed by atoms with Crippen molar-refractivity contribution < 1.29 is 9.53 Å². The fraction of sp³-hybridized carbons (Fsp3) is 0.714. The Hall–Kier alpha value is -1.06. The van der Waals surface area contributed by atoms with E-state index in [1.807, 2.05) is 0 Å². The number of ether oxygens (including phenoxy) is 1. The summed E-state index contributed by atoms with van der Waals surface area (Å²) < 4.78 is 4.79. The Morgan fingerprint density at radius 3 is 2.55 bits per heavy atom. The van der Waals surface area contributed by atoms with Gasteiger partial charge in [0.15, 0.2) is 0 Å². The summed E-state index contributed by atoms with van der Waals surface area (Å²) in [5.41, 5.74) is 0. The van der Waals surface area contributed by atoms with Crippen LogP contribution in [-0.4, -0.2) is 37.4 Å². The Bertz CT molecular complexity index is 155. The van der Waals surface area contributed by atoms with E-state index in [2.05, 4.69) is 5.10 Å². The predicted octanol–water partition coefficient (Wildman–Crippen LogP) is 0.485. The zero-order valence-corrected chi connectivity index (χ0v) is 7.37. The summed E-state index contributed by atoms with van der Waals surface area (Å²) in [5, 5.41) is 5.55. The molecule has 0 aliphatic carbocycles. The van der Waals surface area contributed by atoms with Gasteiger partial charge in [-0.2, -0.15) is 5.10 Å². The lowest BCUT2D eigenvalue weighted by molar-refractivity contribution is -0.142. The highest BCUT2D eigenvalue weighted by Crippen LogP contribution is 1.87. The highest BCUT2D eigenvalue weighted by molar-refractivity contribution is 5.71. The van der Waals surface area contributed by atoms with Gasteiger partial charge in [-0.3, -0.25) is 4.79 Å². The van der Waals surface area contributed by atoms with E-state index in [0.29, 0.717) is 0 Å². The third-order valence-corrected chi connectivity index (χ3v) is 0.859. The number of nitrogens with zero attached hydrogens (tertiary/aromatic N) is 2. The fourth-order valence-corrected chi connectivity index (χ4v) is 0.519. The number of hydrogen-bond donors (Lipinski definition) is 0. The zero-order valence-electron chi connectivity index (χ0n) is 7.37. The lowest BCUT2D eigenvalue weighted by Gasteiger charge is -2.07. The van der Waals surface area contributed by atoms with Crippen molar-refractivity contribution in [1.82, 2.24) is 5.01 Å². The van der Waals surface area contributed by atoms with Crippen LogP contribution < -0.4 is 0 Å². The molecule has 1 unspecified atom stereocenters. The second-order valence-corrected chi connectivity index (χ2v) is 2.43. The van der Waals surface area contributed by atoms with Crippen LogP contribution in [-0.2, 0) is 9.53 Å². The molecule has 0 aromatic rings. The third-order valence-electron chi connectivity index (χ3n) is 0.859. The van der Waals surface area contributed by atoms with Gasteiger partial charge < -0.3 is 9.75 Å². The van der Waals surface area contributed by atoms with Crippen molar-refractivity contribution in [2.24, 2.45) is 5.10 Å². The monoisotopic (exact) mass is 158 g/mol. The van der Waals surface area contributed by atoms with Gasteiger partial charge in [0, 0.05) is 21.0 Å². The average Bonchev–Trinajstić information content (AvgIpc) is 1.82. The summed E-state index contributed by atoms with van der Waals surface area (Å²) in [5.74, 6) is -0.289. The number of rotatable bonds is 3. The molecule has 0 radical (unpaired) electrons. The van der Waals surface area contributed by atoms with Crippen molar-refractivity contribution in [3.8, 4) is 0 Å². The molecule has 0 rings (SSSR count). The van der Waals surface area contributed by atoms with Gasteiger partial charge in [0.1, 0.15) is 6.10 Å². The van der Waals surface area contributed by atoms with E-state index in [9.17, 15) is 4.79 Å². The van der Waals surface area contributed by atoms with E-state index >= 15 is 0 Å². The molecule has 0 fully saturated rings. The first-order chi connectivity index (χ1) is 5.02.